The van der Waals surface area contributed by atoms with E-state index in [1.165, 1.54) is 24.4 Å². The lowest BCUT2D eigenvalue weighted by atomic mass is 10.1. The molecule has 1 aromatic carbocycles. The number of anilines is 1. The second-order valence-electron chi connectivity index (χ2n) is 3.88. The predicted molar refractivity (Wildman–Crippen MR) is 72.8 cm³/mol. The van der Waals surface area contributed by atoms with Crippen molar-refractivity contribution in [1.29, 1.82) is 0 Å². The van der Waals surface area contributed by atoms with Crippen molar-refractivity contribution >= 4 is 29.1 Å². The number of benzene rings is 1. The van der Waals surface area contributed by atoms with Gasteiger partial charge in [-0.3, -0.25) is 20.2 Å². The van der Waals surface area contributed by atoms with Gasteiger partial charge >= 0.3 is 0 Å². The van der Waals surface area contributed by atoms with Crippen molar-refractivity contribution in [1.82, 2.24) is 9.97 Å². The number of carbonyl (C=O) groups is 1. The van der Waals surface area contributed by atoms with E-state index in [0.717, 1.165) is 0 Å². The lowest BCUT2D eigenvalue weighted by molar-refractivity contribution is -0.385. The lowest BCUT2D eigenvalue weighted by Gasteiger charge is -2.07. The van der Waals surface area contributed by atoms with Gasteiger partial charge < -0.3 is 0 Å². The second-order valence-corrected chi connectivity index (χ2v) is 4.27. The summed E-state index contributed by atoms with van der Waals surface area (Å²) in [7, 11) is 0. The van der Waals surface area contributed by atoms with Crippen LogP contribution in [0.15, 0.2) is 30.5 Å². The molecule has 0 radical (unpaired) electrons. The number of nitro groups is 1. The molecule has 0 spiro atoms. The van der Waals surface area contributed by atoms with Gasteiger partial charge in [0, 0.05) is 12.3 Å². The summed E-state index contributed by atoms with van der Waals surface area (Å²) in [6.45, 7) is 1.61. The maximum absolute atomic E-state index is 12.1. The molecular weight excluding hydrogens is 284 g/mol. The molecule has 20 heavy (non-hydrogen) atoms. The van der Waals surface area contributed by atoms with Gasteiger partial charge in [-0.25, -0.2) is 9.97 Å². The van der Waals surface area contributed by atoms with E-state index in [2.05, 4.69) is 15.3 Å². The number of nitro benzene ring substituents is 1. The lowest BCUT2D eigenvalue weighted by Crippen LogP contribution is -2.17. The van der Waals surface area contributed by atoms with E-state index >= 15 is 0 Å². The Labute approximate surface area is 118 Å². The Balaban J connectivity index is 2.37. The number of amides is 1. The van der Waals surface area contributed by atoms with Crippen LogP contribution in [0.5, 0.6) is 0 Å². The van der Waals surface area contributed by atoms with E-state index in [1.807, 2.05) is 0 Å². The molecule has 2 aromatic rings. The molecule has 2 rings (SSSR count). The molecule has 0 aliphatic heterocycles. The predicted octanol–water partition coefficient (Wildman–Crippen LogP) is 2.60. The molecule has 1 aromatic heterocycles. The number of rotatable bonds is 3. The van der Waals surface area contributed by atoms with Crippen LogP contribution in [-0.2, 0) is 0 Å². The quantitative estimate of drug-likeness (QED) is 0.532. The Morgan fingerprint density at radius 3 is 2.80 bits per heavy atom. The Kier molecular flexibility index (Phi) is 3.90. The molecule has 102 valence electrons. The van der Waals surface area contributed by atoms with Crippen LogP contribution >= 0.6 is 11.6 Å². The number of nitrogens with one attached hydrogen (secondary N) is 1. The first kappa shape index (κ1) is 13.9. The standard InChI is InChI=1S/C12H9ClN4O3/c1-7-3-2-4-8(17(19)20)10(7)11(18)16-12-14-6-5-9(13)15-12/h2-6H,1H3,(H,14,15,16,18). The average Bonchev–Trinajstić information content (AvgIpc) is 2.38. The molecule has 0 saturated carbocycles. The summed E-state index contributed by atoms with van der Waals surface area (Å²) in [6.07, 6.45) is 1.37. The number of hydrogen-bond acceptors (Lipinski definition) is 5. The fourth-order valence-electron chi connectivity index (χ4n) is 1.66. The number of aromatic nitrogens is 2. The van der Waals surface area contributed by atoms with Crippen molar-refractivity contribution < 1.29 is 9.72 Å². The average molecular weight is 293 g/mol. The van der Waals surface area contributed by atoms with Crippen LogP contribution in [-0.4, -0.2) is 20.8 Å². The summed E-state index contributed by atoms with van der Waals surface area (Å²) in [5.74, 6) is -0.669. The first-order chi connectivity index (χ1) is 9.49. The third-order valence-corrected chi connectivity index (χ3v) is 2.73. The van der Waals surface area contributed by atoms with E-state index in [-0.39, 0.29) is 22.4 Å². The van der Waals surface area contributed by atoms with Gasteiger partial charge in [0.1, 0.15) is 10.7 Å². The summed E-state index contributed by atoms with van der Waals surface area (Å²) in [5, 5.41) is 13.5. The number of carbonyl (C=O) groups excluding carboxylic acids is 1. The van der Waals surface area contributed by atoms with Gasteiger partial charge in [0.2, 0.25) is 5.95 Å². The zero-order valence-electron chi connectivity index (χ0n) is 10.3. The van der Waals surface area contributed by atoms with Gasteiger partial charge in [-0.15, -0.1) is 0 Å². The van der Waals surface area contributed by atoms with Crippen molar-refractivity contribution in [2.75, 3.05) is 5.32 Å². The second kappa shape index (κ2) is 5.62. The van der Waals surface area contributed by atoms with Crippen LogP contribution in [0.3, 0.4) is 0 Å². The number of aryl methyl sites for hydroxylation is 1. The highest BCUT2D eigenvalue weighted by atomic mass is 35.5. The van der Waals surface area contributed by atoms with E-state index in [1.54, 1.807) is 13.0 Å². The van der Waals surface area contributed by atoms with Crippen molar-refractivity contribution in [3.8, 4) is 0 Å². The molecule has 1 N–H and O–H groups in total. The Morgan fingerprint density at radius 2 is 2.15 bits per heavy atom. The van der Waals surface area contributed by atoms with Gasteiger partial charge in [-0.2, -0.15) is 0 Å². The zero-order valence-corrected chi connectivity index (χ0v) is 11.1. The smallest absolute Gasteiger partial charge is 0.282 e. The van der Waals surface area contributed by atoms with Crippen LogP contribution < -0.4 is 5.32 Å². The van der Waals surface area contributed by atoms with Gasteiger partial charge in [-0.1, -0.05) is 23.7 Å². The minimum absolute atomic E-state index is 0.0138. The van der Waals surface area contributed by atoms with Crippen molar-refractivity contribution in [3.05, 3.63) is 56.9 Å². The molecule has 0 fully saturated rings. The normalized spacial score (nSPS) is 10.1. The molecular formula is C12H9ClN4O3. The largest absolute Gasteiger partial charge is 0.290 e. The van der Waals surface area contributed by atoms with E-state index in [4.69, 9.17) is 11.6 Å². The number of hydrogen-bond donors (Lipinski definition) is 1. The third-order valence-electron chi connectivity index (χ3n) is 2.52. The molecule has 0 unspecified atom stereocenters. The van der Waals surface area contributed by atoms with Crippen LogP contribution in [0.25, 0.3) is 0 Å². The van der Waals surface area contributed by atoms with Crippen molar-refractivity contribution in [2.45, 2.75) is 6.92 Å². The first-order valence-electron chi connectivity index (χ1n) is 5.53. The summed E-state index contributed by atoms with van der Waals surface area (Å²) in [5.41, 5.74) is 0.185. The fraction of sp³-hybridized carbons (Fsp3) is 0.0833. The third kappa shape index (κ3) is 2.89. The fourth-order valence-corrected chi connectivity index (χ4v) is 1.80. The SMILES string of the molecule is Cc1cccc([N+](=O)[O-])c1C(=O)Nc1nccc(Cl)n1. The summed E-state index contributed by atoms with van der Waals surface area (Å²) in [6, 6.07) is 5.84. The Hall–Kier alpha value is -2.54. The van der Waals surface area contributed by atoms with Crippen LogP contribution in [0.4, 0.5) is 11.6 Å². The summed E-state index contributed by atoms with van der Waals surface area (Å²) in [4.78, 5) is 30.1. The number of nitrogens with zero attached hydrogens (tertiary/aromatic N) is 3. The Morgan fingerprint density at radius 1 is 1.40 bits per heavy atom. The highest BCUT2D eigenvalue weighted by molar-refractivity contribution is 6.29. The van der Waals surface area contributed by atoms with Crippen molar-refractivity contribution in [3.63, 3.8) is 0 Å². The zero-order chi connectivity index (χ0) is 14.7. The first-order valence-corrected chi connectivity index (χ1v) is 5.90. The van der Waals surface area contributed by atoms with Crippen molar-refractivity contribution in [2.24, 2.45) is 0 Å². The van der Waals surface area contributed by atoms with E-state index < -0.39 is 10.8 Å². The van der Waals surface area contributed by atoms with Gasteiger partial charge in [0.25, 0.3) is 11.6 Å². The molecule has 8 heteroatoms. The highest BCUT2D eigenvalue weighted by Gasteiger charge is 2.22. The Bertz CT molecular complexity index is 690. The maximum Gasteiger partial charge on any atom is 0.282 e. The van der Waals surface area contributed by atoms with E-state index in [0.29, 0.717) is 5.56 Å². The van der Waals surface area contributed by atoms with E-state index in [9.17, 15) is 14.9 Å². The van der Waals surface area contributed by atoms with Gasteiger partial charge in [0.05, 0.1) is 4.92 Å². The molecule has 0 saturated heterocycles. The minimum Gasteiger partial charge on any atom is -0.290 e. The molecule has 0 bridgehead atoms. The minimum atomic E-state index is -0.655. The van der Waals surface area contributed by atoms with Crippen LogP contribution in [0.2, 0.25) is 5.15 Å². The molecule has 0 atom stereocenters. The molecule has 0 aliphatic rings. The molecule has 7 nitrogen and oxygen atoms in total. The van der Waals surface area contributed by atoms with Crippen LogP contribution in [0.1, 0.15) is 15.9 Å². The monoisotopic (exact) mass is 292 g/mol. The van der Waals surface area contributed by atoms with Crippen LogP contribution in [0, 0.1) is 17.0 Å². The highest BCUT2D eigenvalue weighted by Crippen LogP contribution is 2.22. The topological polar surface area (TPSA) is 98.0 Å². The molecule has 1 amide bonds. The van der Waals surface area contributed by atoms with Gasteiger partial charge in [-0.05, 0) is 18.6 Å². The number of halogens is 1. The molecule has 0 aliphatic carbocycles. The maximum atomic E-state index is 12.1. The summed E-state index contributed by atoms with van der Waals surface area (Å²) >= 11 is 5.68. The molecule has 1 heterocycles. The summed E-state index contributed by atoms with van der Waals surface area (Å²) < 4.78 is 0. The van der Waals surface area contributed by atoms with Gasteiger partial charge in [0.15, 0.2) is 0 Å².